The number of hydrogen-bond donors (Lipinski definition) is 2. The second-order valence-corrected chi connectivity index (χ2v) is 7.03. The zero-order chi connectivity index (χ0) is 21.2. The summed E-state index contributed by atoms with van der Waals surface area (Å²) in [5.41, 5.74) is 2.99. The fourth-order valence-electron chi connectivity index (χ4n) is 2.12. The maximum atomic E-state index is 11.9. The zero-order valence-corrected chi connectivity index (χ0v) is 18.3. The van der Waals surface area contributed by atoms with Crippen molar-refractivity contribution in [2.45, 2.75) is 6.92 Å². The number of carboxylic acids is 1. The van der Waals surface area contributed by atoms with Crippen LogP contribution >= 0.6 is 34.2 Å². The number of hydrogen-bond acceptors (Lipinski definition) is 6. The summed E-state index contributed by atoms with van der Waals surface area (Å²) < 4.78 is 16.8. The highest BCUT2D eigenvalue weighted by molar-refractivity contribution is 14.1. The molecule has 0 atom stereocenters. The summed E-state index contributed by atoms with van der Waals surface area (Å²) in [6, 6.07) is 10.2. The van der Waals surface area contributed by atoms with Crippen LogP contribution in [0.1, 0.15) is 12.5 Å². The number of halogens is 2. The Morgan fingerprint density at radius 3 is 2.62 bits per heavy atom. The van der Waals surface area contributed by atoms with E-state index in [0.717, 1.165) is 0 Å². The number of carboxylic acid groups (broad SMARTS) is 1. The molecule has 0 aliphatic rings. The van der Waals surface area contributed by atoms with Crippen molar-refractivity contribution >= 4 is 52.3 Å². The fraction of sp³-hybridized carbons (Fsp3) is 0.211. The highest BCUT2D eigenvalue weighted by Crippen LogP contribution is 2.33. The third-order valence-electron chi connectivity index (χ3n) is 3.27. The lowest BCUT2D eigenvalue weighted by molar-refractivity contribution is -0.139. The molecule has 8 nitrogen and oxygen atoms in total. The van der Waals surface area contributed by atoms with Gasteiger partial charge in [0.15, 0.2) is 24.7 Å². The minimum Gasteiger partial charge on any atom is -0.490 e. The number of amides is 1. The summed E-state index contributed by atoms with van der Waals surface area (Å²) in [4.78, 5) is 22.6. The van der Waals surface area contributed by atoms with Gasteiger partial charge in [0.05, 0.1) is 21.4 Å². The van der Waals surface area contributed by atoms with E-state index in [9.17, 15) is 9.59 Å². The molecule has 0 aliphatic carbocycles. The second-order valence-electron chi connectivity index (χ2n) is 5.46. The first-order chi connectivity index (χ1) is 13.9. The Kier molecular flexibility index (Phi) is 9.00. The number of rotatable bonds is 10. The van der Waals surface area contributed by atoms with Crippen LogP contribution in [0.2, 0.25) is 5.02 Å². The molecule has 1 amide bonds. The number of hydrazone groups is 1. The van der Waals surface area contributed by atoms with Crippen LogP contribution in [0, 0.1) is 3.57 Å². The van der Waals surface area contributed by atoms with Gasteiger partial charge in [0.25, 0.3) is 5.91 Å². The molecule has 2 aromatic carbocycles. The van der Waals surface area contributed by atoms with E-state index in [-0.39, 0.29) is 6.61 Å². The largest absolute Gasteiger partial charge is 0.490 e. The summed E-state index contributed by atoms with van der Waals surface area (Å²) >= 11 is 7.96. The smallest absolute Gasteiger partial charge is 0.341 e. The predicted molar refractivity (Wildman–Crippen MR) is 116 cm³/mol. The van der Waals surface area contributed by atoms with Gasteiger partial charge in [-0.05, 0) is 59.3 Å². The molecular weight excluding hydrogens is 515 g/mol. The van der Waals surface area contributed by atoms with Gasteiger partial charge in [-0.2, -0.15) is 5.10 Å². The van der Waals surface area contributed by atoms with Crippen molar-refractivity contribution in [2.24, 2.45) is 5.10 Å². The monoisotopic (exact) mass is 532 g/mol. The Labute approximate surface area is 185 Å². The van der Waals surface area contributed by atoms with Crippen LogP contribution in [-0.4, -0.2) is 43.0 Å². The molecule has 0 radical (unpaired) electrons. The molecule has 2 aromatic rings. The number of para-hydroxylation sites is 1. The van der Waals surface area contributed by atoms with Crippen LogP contribution in [0.15, 0.2) is 41.5 Å². The van der Waals surface area contributed by atoms with Crippen molar-refractivity contribution in [1.82, 2.24) is 5.43 Å². The summed E-state index contributed by atoms with van der Waals surface area (Å²) in [5, 5.41) is 13.1. The lowest BCUT2D eigenvalue weighted by atomic mass is 10.2. The van der Waals surface area contributed by atoms with Crippen molar-refractivity contribution in [3.05, 3.63) is 50.6 Å². The first-order valence-corrected chi connectivity index (χ1v) is 9.86. The Morgan fingerprint density at radius 2 is 1.93 bits per heavy atom. The number of aliphatic carboxylic acids is 1. The van der Waals surface area contributed by atoms with Crippen LogP contribution in [-0.2, 0) is 9.59 Å². The second kappa shape index (κ2) is 11.5. The standard InChI is InChI=1S/C19H18ClIN2O6/c1-2-27-16-8-12(7-14(21)19(16)29-11-18(25)26)9-22-23-17(24)10-28-15-6-4-3-5-13(15)20/h3-9H,2,10-11H2,1H3,(H,23,24)(H,25,26)/b22-9-. The molecule has 154 valence electrons. The summed E-state index contributed by atoms with van der Waals surface area (Å²) in [6.07, 6.45) is 1.43. The molecule has 0 spiro atoms. The van der Waals surface area contributed by atoms with Gasteiger partial charge in [-0.3, -0.25) is 4.79 Å². The van der Waals surface area contributed by atoms with Crippen LogP contribution in [0.5, 0.6) is 17.2 Å². The van der Waals surface area contributed by atoms with E-state index < -0.39 is 18.5 Å². The van der Waals surface area contributed by atoms with Crippen LogP contribution in [0.25, 0.3) is 0 Å². The Morgan fingerprint density at radius 1 is 1.17 bits per heavy atom. The van der Waals surface area contributed by atoms with E-state index in [2.05, 4.69) is 10.5 Å². The maximum absolute atomic E-state index is 11.9. The molecule has 2 N–H and O–H groups in total. The average Bonchev–Trinajstić information content (AvgIpc) is 2.67. The fourth-order valence-corrected chi connectivity index (χ4v) is 3.09. The van der Waals surface area contributed by atoms with E-state index in [1.165, 1.54) is 6.21 Å². The quantitative estimate of drug-likeness (QED) is 0.276. The topological polar surface area (TPSA) is 106 Å². The van der Waals surface area contributed by atoms with Crippen LogP contribution in [0.4, 0.5) is 0 Å². The molecular formula is C19H18ClIN2O6. The van der Waals surface area contributed by atoms with Gasteiger partial charge in [-0.25, -0.2) is 10.2 Å². The van der Waals surface area contributed by atoms with Gasteiger partial charge < -0.3 is 19.3 Å². The van der Waals surface area contributed by atoms with Gasteiger partial charge >= 0.3 is 5.97 Å². The molecule has 0 saturated carbocycles. The normalized spacial score (nSPS) is 10.6. The number of carbonyl (C=O) groups is 2. The summed E-state index contributed by atoms with van der Waals surface area (Å²) in [5.74, 6) is -0.418. The van der Waals surface area contributed by atoms with Gasteiger partial charge in [0.1, 0.15) is 5.75 Å². The first-order valence-electron chi connectivity index (χ1n) is 8.40. The van der Waals surface area contributed by atoms with Crippen molar-refractivity contribution in [2.75, 3.05) is 19.8 Å². The van der Waals surface area contributed by atoms with Gasteiger partial charge in [-0.1, -0.05) is 23.7 Å². The van der Waals surface area contributed by atoms with E-state index in [0.29, 0.717) is 38.0 Å². The Hall–Kier alpha value is -2.53. The lowest BCUT2D eigenvalue weighted by Crippen LogP contribution is -2.24. The van der Waals surface area contributed by atoms with E-state index in [1.54, 1.807) is 43.3 Å². The predicted octanol–water partition coefficient (Wildman–Crippen LogP) is 3.34. The third-order valence-corrected chi connectivity index (χ3v) is 4.38. The molecule has 0 aliphatic heterocycles. The minimum absolute atomic E-state index is 0.245. The Bertz CT molecular complexity index is 906. The summed E-state index contributed by atoms with van der Waals surface area (Å²) in [6.45, 7) is 1.44. The first kappa shape index (κ1) is 22.8. The third kappa shape index (κ3) is 7.42. The zero-order valence-electron chi connectivity index (χ0n) is 15.4. The SMILES string of the molecule is CCOc1cc(/C=N\NC(=O)COc2ccccc2Cl)cc(I)c1OCC(=O)O. The van der Waals surface area contributed by atoms with Gasteiger partial charge in [0, 0.05) is 0 Å². The molecule has 0 fully saturated rings. The molecule has 2 rings (SSSR count). The molecule has 29 heavy (non-hydrogen) atoms. The highest BCUT2D eigenvalue weighted by Gasteiger charge is 2.13. The number of benzene rings is 2. The van der Waals surface area contributed by atoms with Crippen LogP contribution < -0.4 is 19.6 Å². The number of nitrogens with zero attached hydrogens (tertiary/aromatic N) is 1. The molecule has 0 aromatic heterocycles. The number of carbonyl (C=O) groups excluding carboxylic acids is 1. The molecule has 0 heterocycles. The average molecular weight is 533 g/mol. The van der Waals surface area contributed by atoms with Crippen molar-refractivity contribution in [3.8, 4) is 17.2 Å². The van der Waals surface area contributed by atoms with E-state index in [4.69, 9.17) is 30.9 Å². The minimum atomic E-state index is -1.09. The van der Waals surface area contributed by atoms with E-state index in [1.807, 2.05) is 22.6 Å². The summed E-state index contributed by atoms with van der Waals surface area (Å²) in [7, 11) is 0. The Balaban J connectivity index is 1.99. The van der Waals surface area contributed by atoms with Gasteiger partial charge in [0.2, 0.25) is 0 Å². The molecule has 10 heteroatoms. The van der Waals surface area contributed by atoms with Crippen molar-refractivity contribution in [1.29, 1.82) is 0 Å². The van der Waals surface area contributed by atoms with Crippen LogP contribution in [0.3, 0.4) is 0 Å². The molecule has 0 saturated heterocycles. The molecule has 0 bridgehead atoms. The number of ether oxygens (including phenoxy) is 3. The molecule has 0 unspecified atom stereocenters. The number of nitrogens with one attached hydrogen (secondary N) is 1. The highest BCUT2D eigenvalue weighted by atomic mass is 127. The van der Waals surface area contributed by atoms with Gasteiger partial charge in [-0.15, -0.1) is 0 Å². The maximum Gasteiger partial charge on any atom is 0.341 e. The van der Waals surface area contributed by atoms with E-state index >= 15 is 0 Å². The van der Waals surface area contributed by atoms with Crippen molar-refractivity contribution < 1.29 is 28.9 Å². The lowest BCUT2D eigenvalue weighted by Gasteiger charge is -2.13. The van der Waals surface area contributed by atoms with Crippen molar-refractivity contribution in [3.63, 3.8) is 0 Å².